The second-order valence-corrected chi connectivity index (χ2v) is 12.7. The summed E-state index contributed by atoms with van der Waals surface area (Å²) in [6.07, 6.45) is -8.69. The van der Waals surface area contributed by atoms with Crippen LogP contribution in [0.5, 0.6) is 5.75 Å². The van der Waals surface area contributed by atoms with Crippen LogP contribution in [-0.4, -0.2) is 65.9 Å². The van der Waals surface area contributed by atoms with Crippen LogP contribution in [-0.2, 0) is 33.7 Å². The predicted molar refractivity (Wildman–Crippen MR) is 146 cm³/mol. The fourth-order valence-corrected chi connectivity index (χ4v) is 7.02. The number of anilines is 1. The first-order chi connectivity index (χ1) is 21.9. The summed E-state index contributed by atoms with van der Waals surface area (Å²) >= 11 is 0.865. The molecule has 1 fully saturated rings. The second kappa shape index (κ2) is 12.8. The first kappa shape index (κ1) is 34.1. The Bertz CT molecular complexity index is 1890. The third-order valence-corrected chi connectivity index (χ3v) is 9.75. The van der Waals surface area contributed by atoms with E-state index in [4.69, 9.17) is 0 Å². The Balaban J connectivity index is 1.43. The molecular formula is C26H19F9N6O4S2. The number of alkyl halides is 8. The van der Waals surface area contributed by atoms with Gasteiger partial charge in [-0.3, -0.25) is 4.79 Å². The maximum absolute atomic E-state index is 14.5. The van der Waals surface area contributed by atoms with Crippen molar-refractivity contribution in [1.29, 1.82) is 0 Å². The van der Waals surface area contributed by atoms with Gasteiger partial charge in [0.1, 0.15) is 17.6 Å². The van der Waals surface area contributed by atoms with Gasteiger partial charge < -0.3 is 15.0 Å². The summed E-state index contributed by atoms with van der Waals surface area (Å²) < 4.78 is 150. The molecule has 0 spiro atoms. The van der Waals surface area contributed by atoms with E-state index in [1.807, 2.05) is 0 Å². The highest BCUT2D eigenvalue weighted by Gasteiger charge is 2.42. The van der Waals surface area contributed by atoms with Crippen LogP contribution in [0.3, 0.4) is 0 Å². The molecule has 3 heterocycles. The summed E-state index contributed by atoms with van der Waals surface area (Å²) in [5.41, 5.74) is -1.60. The quantitative estimate of drug-likeness (QED) is 0.252. The number of rotatable bonds is 8. The van der Waals surface area contributed by atoms with E-state index in [1.54, 1.807) is 0 Å². The largest absolute Gasteiger partial charge is 0.451 e. The van der Waals surface area contributed by atoms with E-state index in [0.29, 0.717) is 18.2 Å². The van der Waals surface area contributed by atoms with Gasteiger partial charge in [0.2, 0.25) is 21.8 Å². The number of benzene rings is 2. The Hall–Kier alpha value is -4.24. The molecule has 0 unspecified atom stereocenters. The summed E-state index contributed by atoms with van der Waals surface area (Å²) in [6.45, 7) is -4.77. The molecule has 0 bridgehead atoms. The molecule has 0 radical (unpaired) electrons. The van der Waals surface area contributed by atoms with Crippen LogP contribution in [0.4, 0.5) is 44.6 Å². The van der Waals surface area contributed by atoms with Crippen LogP contribution in [0, 0.1) is 5.82 Å². The van der Waals surface area contributed by atoms with E-state index in [0.717, 1.165) is 46.1 Å². The monoisotopic (exact) mass is 714 g/mol. The Kier molecular flexibility index (Phi) is 9.25. The molecule has 1 saturated heterocycles. The number of aromatic nitrogens is 3. The van der Waals surface area contributed by atoms with Crippen molar-refractivity contribution in [3.05, 3.63) is 71.4 Å². The van der Waals surface area contributed by atoms with E-state index in [2.05, 4.69) is 25.0 Å². The topological polar surface area (TPSA) is 118 Å². The smallest absolute Gasteiger partial charge is 0.435 e. The lowest BCUT2D eigenvalue weighted by molar-refractivity contribution is -0.144. The average Bonchev–Trinajstić information content (AvgIpc) is 3.43. The van der Waals surface area contributed by atoms with Gasteiger partial charge in [0, 0.05) is 37.8 Å². The van der Waals surface area contributed by atoms with Crippen LogP contribution in [0.15, 0.2) is 53.6 Å². The lowest BCUT2D eigenvalue weighted by atomic mass is 10.1. The minimum absolute atomic E-state index is 0.0682. The fraction of sp³-hybridized carbons (Fsp3) is 0.308. The van der Waals surface area contributed by atoms with Crippen LogP contribution in [0.1, 0.15) is 17.0 Å². The highest BCUT2D eigenvalue weighted by atomic mass is 32.2. The zero-order valence-corrected chi connectivity index (χ0v) is 24.8. The zero-order valence-electron chi connectivity index (χ0n) is 23.2. The van der Waals surface area contributed by atoms with Crippen molar-refractivity contribution in [1.82, 2.24) is 24.6 Å². The lowest BCUT2D eigenvalue weighted by Gasteiger charge is -2.39. The normalized spacial score (nSPS) is 16.6. The van der Waals surface area contributed by atoms with E-state index >= 15 is 0 Å². The SMILES string of the molecule is O=C(NCc1ccc(OC(F)F)cc1F)[C@H]1CN(c2nc3nc(C(F)(F)F)ncc3s2)CCN1S(=O)(=O)c1ccc(C(F)(F)F)cc1. The van der Waals surface area contributed by atoms with Crippen molar-refractivity contribution in [2.75, 3.05) is 24.5 Å². The minimum Gasteiger partial charge on any atom is -0.435 e. The van der Waals surface area contributed by atoms with E-state index in [9.17, 15) is 52.7 Å². The number of nitrogens with one attached hydrogen (secondary N) is 1. The predicted octanol–water partition coefficient (Wildman–Crippen LogP) is 5.06. The Morgan fingerprint density at radius 1 is 1.02 bits per heavy atom. The molecule has 47 heavy (non-hydrogen) atoms. The molecule has 2 aromatic carbocycles. The standard InChI is InChI=1S/C26H19F9N6O4S2/c27-17-9-15(45-23(28)29)4-1-13(17)10-36-21(42)18-12-40(24-39-20-19(46-24)11-37-22(38-20)26(33,34)35)7-8-41(18)47(43,44)16-5-2-14(3-6-16)25(30,31)32/h1-6,9,11,18,23H,7-8,10,12H2,(H,36,42)/t18-/m1/s1. The molecule has 0 saturated carbocycles. The number of fused-ring (bicyclic) bond motifs is 1. The molecule has 4 aromatic rings. The van der Waals surface area contributed by atoms with Gasteiger partial charge in [-0.25, -0.2) is 22.8 Å². The number of ether oxygens (including phenoxy) is 1. The minimum atomic E-state index is -4.85. The highest BCUT2D eigenvalue weighted by Crippen LogP contribution is 2.34. The van der Waals surface area contributed by atoms with Gasteiger partial charge >= 0.3 is 19.0 Å². The van der Waals surface area contributed by atoms with E-state index in [1.165, 1.54) is 4.90 Å². The molecule has 5 rings (SSSR count). The van der Waals surface area contributed by atoms with Crippen molar-refractivity contribution >= 4 is 42.7 Å². The van der Waals surface area contributed by atoms with Gasteiger partial charge in [-0.15, -0.1) is 0 Å². The van der Waals surface area contributed by atoms with Gasteiger partial charge in [-0.2, -0.15) is 44.4 Å². The number of hydrogen-bond donors (Lipinski definition) is 1. The molecule has 1 amide bonds. The van der Waals surface area contributed by atoms with Crippen molar-refractivity contribution < 1.29 is 57.5 Å². The van der Waals surface area contributed by atoms with Gasteiger partial charge in [0.25, 0.3) is 0 Å². The van der Waals surface area contributed by atoms with Gasteiger partial charge in [0.15, 0.2) is 10.8 Å². The third kappa shape index (κ3) is 7.51. The molecule has 10 nitrogen and oxygen atoms in total. The number of sulfonamides is 1. The van der Waals surface area contributed by atoms with Gasteiger partial charge in [-0.1, -0.05) is 17.4 Å². The van der Waals surface area contributed by atoms with Crippen LogP contribution in [0.2, 0.25) is 0 Å². The molecule has 21 heteroatoms. The number of amides is 1. The van der Waals surface area contributed by atoms with Crippen molar-refractivity contribution in [3.8, 4) is 5.75 Å². The fourth-order valence-electron chi connectivity index (χ4n) is 4.54. The molecule has 0 aliphatic carbocycles. The molecule has 252 valence electrons. The maximum atomic E-state index is 14.5. The van der Waals surface area contributed by atoms with Crippen LogP contribution < -0.4 is 15.0 Å². The van der Waals surface area contributed by atoms with Crippen molar-refractivity contribution in [2.24, 2.45) is 0 Å². The molecule has 1 N–H and O–H groups in total. The summed E-state index contributed by atoms with van der Waals surface area (Å²) in [4.78, 5) is 25.1. The number of piperazine rings is 1. The molecular weight excluding hydrogens is 695 g/mol. The number of nitrogens with zero attached hydrogens (tertiary/aromatic N) is 5. The molecule has 1 aliphatic rings. The van der Waals surface area contributed by atoms with Crippen molar-refractivity contribution in [2.45, 2.75) is 36.4 Å². The van der Waals surface area contributed by atoms with E-state index in [-0.39, 0.29) is 27.6 Å². The number of carbonyl (C=O) groups excluding carboxylic acids is 1. The number of halogens is 9. The summed E-state index contributed by atoms with van der Waals surface area (Å²) in [6, 6.07) is 3.67. The Morgan fingerprint density at radius 3 is 2.34 bits per heavy atom. The molecule has 1 atom stereocenters. The number of thiazole rings is 1. The van der Waals surface area contributed by atoms with Crippen molar-refractivity contribution in [3.63, 3.8) is 0 Å². The van der Waals surface area contributed by atoms with E-state index < -0.39 is 88.4 Å². The number of carbonyl (C=O) groups is 1. The summed E-state index contributed by atoms with van der Waals surface area (Å²) in [5.74, 6) is -3.95. The van der Waals surface area contributed by atoms with Gasteiger partial charge in [-0.05, 0) is 30.3 Å². The summed E-state index contributed by atoms with van der Waals surface area (Å²) in [5, 5.41) is 2.43. The average molecular weight is 715 g/mol. The number of hydrogen-bond acceptors (Lipinski definition) is 9. The zero-order chi connectivity index (χ0) is 34.3. The molecule has 1 aliphatic heterocycles. The lowest BCUT2D eigenvalue weighted by Crippen LogP contribution is -2.60. The Labute approximate surface area is 262 Å². The highest BCUT2D eigenvalue weighted by molar-refractivity contribution is 7.89. The maximum Gasteiger partial charge on any atom is 0.451 e. The summed E-state index contributed by atoms with van der Waals surface area (Å²) in [7, 11) is -4.63. The second-order valence-electron chi connectivity index (χ2n) is 9.82. The van der Waals surface area contributed by atoms with Gasteiger partial charge in [0.05, 0.1) is 21.4 Å². The Morgan fingerprint density at radius 2 is 1.72 bits per heavy atom. The van der Waals surface area contributed by atoms with Crippen LogP contribution in [0.25, 0.3) is 10.3 Å². The first-order valence-corrected chi connectivity index (χ1v) is 15.3. The first-order valence-electron chi connectivity index (χ1n) is 13.1. The third-order valence-electron chi connectivity index (χ3n) is 6.79. The van der Waals surface area contributed by atoms with Crippen LogP contribution >= 0.6 is 11.3 Å². The molecule has 2 aromatic heterocycles.